The molecule has 0 saturated carbocycles. The van der Waals surface area contributed by atoms with Crippen LogP contribution in [0.25, 0.3) is 11.3 Å². The molecular weight excluding hydrogens is 482 g/mol. The summed E-state index contributed by atoms with van der Waals surface area (Å²) in [5, 5.41) is 0.976. The largest absolute Gasteiger partial charge is 0.486 e. The maximum atomic E-state index is 6.27. The van der Waals surface area contributed by atoms with Gasteiger partial charge in [0.2, 0.25) is 0 Å². The van der Waals surface area contributed by atoms with Gasteiger partial charge in [-0.2, -0.15) is 0 Å². The van der Waals surface area contributed by atoms with E-state index < -0.39 is 0 Å². The molecule has 0 N–H and O–H groups in total. The molecular formula is C23H26BrNOS3. The second kappa shape index (κ2) is 12.0. The number of thiazole rings is 1. The van der Waals surface area contributed by atoms with Crippen LogP contribution in [-0.4, -0.2) is 16.5 Å². The highest BCUT2D eigenvalue weighted by Crippen LogP contribution is 2.44. The highest BCUT2D eigenvalue weighted by molar-refractivity contribution is 9.11. The first-order valence-corrected chi connectivity index (χ1v) is 13.6. The van der Waals surface area contributed by atoms with Crippen LogP contribution in [0, 0.1) is 0 Å². The molecule has 3 rings (SSSR count). The number of benzene rings is 2. The quantitative estimate of drug-likeness (QED) is 0.242. The van der Waals surface area contributed by atoms with Crippen molar-refractivity contribution < 1.29 is 4.74 Å². The van der Waals surface area contributed by atoms with Crippen molar-refractivity contribution in [1.29, 1.82) is 0 Å². The Labute approximate surface area is 195 Å². The van der Waals surface area contributed by atoms with Crippen LogP contribution in [0.2, 0.25) is 0 Å². The van der Waals surface area contributed by atoms with E-state index in [1.807, 2.05) is 41.7 Å². The molecule has 0 unspecified atom stereocenters. The number of rotatable bonds is 11. The first-order chi connectivity index (χ1) is 14.2. The molecule has 0 aliphatic heterocycles. The van der Waals surface area contributed by atoms with Gasteiger partial charge >= 0.3 is 0 Å². The number of para-hydroxylation sites is 1. The Morgan fingerprint density at radius 3 is 2.31 bits per heavy atom. The molecule has 3 aromatic rings. The summed E-state index contributed by atoms with van der Waals surface area (Å²) in [6.07, 6.45) is 2.37. The standard InChI is InChI=1S/C23H26BrNOS3/c1-3-14-27-23(28-15-4-2)18-12-8-9-13-19(18)26-16-20-25-21(22(24)29-20)17-10-6-5-7-11-17/h5-13,23H,3-4,14-16H2,1-2H3. The molecule has 2 aromatic carbocycles. The number of halogens is 1. The number of ether oxygens (including phenoxy) is 1. The van der Waals surface area contributed by atoms with E-state index in [2.05, 4.69) is 66.2 Å². The normalized spacial score (nSPS) is 11.2. The Bertz CT molecular complexity index is 877. The number of hydrogen-bond donors (Lipinski definition) is 0. The minimum absolute atomic E-state index is 0.411. The molecule has 0 fully saturated rings. The van der Waals surface area contributed by atoms with Crippen LogP contribution in [0.15, 0.2) is 58.4 Å². The predicted octanol–water partition coefficient (Wildman–Crippen LogP) is 8.44. The highest BCUT2D eigenvalue weighted by Gasteiger charge is 2.18. The van der Waals surface area contributed by atoms with Gasteiger partial charge in [-0.05, 0) is 46.3 Å². The third-order valence-corrected chi connectivity index (χ3v) is 9.04. The number of thioether (sulfide) groups is 2. The van der Waals surface area contributed by atoms with Crippen LogP contribution in [0.3, 0.4) is 0 Å². The molecule has 0 atom stereocenters. The Kier molecular flexibility index (Phi) is 9.43. The van der Waals surface area contributed by atoms with Gasteiger partial charge in [0, 0.05) is 11.1 Å². The van der Waals surface area contributed by atoms with E-state index in [1.165, 1.54) is 18.4 Å². The average molecular weight is 509 g/mol. The number of hydrogen-bond acceptors (Lipinski definition) is 5. The van der Waals surface area contributed by atoms with Crippen molar-refractivity contribution in [3.05, 3.63) is 69.0 Å². The van der Waals surface area contributed by atoms with Gasteiger partial charge in [0.25, 0.3) is 0 Å². The van der Waals surface area contributed by atoms with E-state index in [1.54, 1.807) is 11.3 Å². The molecule has 0 radical (unpaired) electrons. The number of aromatic nitrogens is 1. The van der Waals surface area contributed by atoms with E-state index in [9.17, 15) is 0 Å². The topological polar surface area (TPSA) is 22.1 Å². The van der Waals surface area contributed by atoms with E-state index in [0.717, 1.165) is 37.3 Å². The molecule has 154 valence electrons. The summed E-state index contributed by atoms with van der Waals surface area (Å²) < 4.78 is 7.73. The molecule has 0 bridgehead atoms. The molecule has 29 heavy (non-hydrogen) atoms. The summed E-state index contributed by atoms with van der Waals surface area (Å²) in [6, 6.07) is 18.7. The SMILES string of the molecule is CCCSC(SCCC)c1ccccc1OCc1nc(-c2ccccc2)c(Br)s1. The molecule has 0 aliphatic rings. The molecule has 0 spiro atoms. The third-order valence-electron chi connectivity index (χ3n) is 4.15. The molecule has 2 nitrogen and oxygen atoms in total. The summed E-state index contributed by atoms with van der Waals surface area (Å²) in [7, 11) is 0. The summed E-state index contributed by atoms with van der Waals surface area (Å²) in [5.41, 5.74) is 3.38. The lowest BCUT2D eigenvalue weighted by Crippen LogP contribution is -2.01. The monoisotopic (exact) mass is 507 g/mol. The predicted molar refractivity (Wildman–Crippen MR) is 134 cm³/mol. The van der Waals surface area contributed by atoms with Crippen molar-refractivity contribution in [2.24, 2.45) is 0 Å². The fraction of sp³-hybridized carbons (Fsp3) is 0.348. The lowest BCUT2D eigenvalue weighted by Gasteiger charge is -2.19. The van der Waals surface area contributed by atoms with E-state index in [4.69, 9.17) is 9.72 Å². The summed E-state index contributed by atoms with van der Waals surface area (Å²) in [4.78, 5) is 4.81. The molecule has 1 heterocycles. The van der Waals surface area contributed by atoms with Gasteiger partial charge in [-0.3, -0.25) is 0 Å². The first-order valence-electron chi connectivity index (χ1n) is 9.88. The van der Waals surface area contributed by atoms with Crippen molar-refractivity contribution in [3.8, 4) is 17.0 Å². The lowest BCUT2D eigenvalue weighted by atomic mass is 10.2. The fourth-order valence-corrected chi connectivity index (χ4v) is 7.01. The van der Waals surface area contributed by atoms with Crippen molar-refractivity contribution in [2.45, 2.75) is 37.9 Å². The van der Waals surface area contributed by atoms with E-state index >= 15 is 0 Å². The maximum Gasteiger partial charge on any atom is 0.140 e. The Hall–Kier alpha value is -0.950. The zero-order valence-corrected chi connectivity index (χ0v) is 20.8. The Balaban J connectivity index is 1.74. The molecule has 6 heteroatoms. The second-order valence-corrected chi connectivity index (χ2v) is 11.6. The van der Waals surface area contributed by atoms with Crippen LogP contribution in [0.5, 0.6) is 5.75 Å². The number of nitrogens with zero attached hydrogens (tertiary/aromatic N) is 1. The molecule has 1 aromatic heterocycles. The molecule has 0 aliphatic carbocycles. The molecule has 0 amide bonds. The minimum atomic E-state index is 0.411. The van der Waals surface area contributed by atoms with Crippen LogP contribution in [0.4, 0.5) is 0 Å². The van der Waals surface area contributed by atoms with Gasteiger partial charge < -0.3 is 4.74 Å². The summed E-state index contributed by atoms with van der Waals surface area (Å²) in [5.74, 6) is 3.29. The van der Waals surface area contributed by atoms with E-state index in [-0.39, 0.29) is 0 Å². The van der Waals surface area contributed by atoms with Crippen molar-refractivity contribution in [3.63, 3.8) is 0 Å². The average Bonchev–Trinajstić information content (AvgIpc) is 3.14. The summed E-state index contributed by atoms with van der Waals surface area (Å²) in [6.45, 7) is 4.96. The first kappa shape index (κ1) is 22.7. The van der Waals surface area contributed by atoms with Gasteiger partial charge in [-0.1, -0.05) is 62.4 Å². The minimum Gasteiger partial charge on any atom is -0.486 e. The van der Waals surface area contributed by atoms with Gasteiger partial charge in [0.15, 0.2) is 0 Å². The Morgan fingerprint density at radius 1 is 0.966 bits per heavy atom. The van der Waals surface area contributed by atoms with Crippen LogP contribution in [0.1, 0.15) is 41.8 Å². The van der Waals surface area contributed by atoms with Gasteiger partial charge in [-0.15, -0.1) is 34.9 Å². The third kappa shape index (κ3) is 6.51. The Morgan fingerprint density at radius 2 is 1.62 bits per heavy atom. The zero-order chi connectivity index (χ0) is 20.5. The highest BCUT2D eigenvalue weighted by atomic mass is 79.9. The molecule has 0 saturated heterocycles. The van der Waals surface area contributed by atoms with Crippen LogP contribution < -0.4 is 4.74 Å². The second-order valence-electron chi connectivity index (χ2n) is 6.50. The van der Waals surface area contributed by atoms with Crippen LogP contribution in [-0.2, 0) is 6.61 Å². The van der Waals surface area contributed by atoms with E-state index in [0.29, 0.717) is 11.2 Å². The smallest absolute Gasteiger partial charge is 0.140 e. The van der Waals surface area contributed by atoms with Crippen LogP contribution >= 0.6 is 50.8 Å². The summed E-state index contributed by atoms with van der Waals surface area (Å²) >= 11 is 9.34. The van der Waals surface area contributed by atoms with Crippen molar-refractivity contribution >= 4 is 50.8 Å². The van der Waals surface area contributed by atoms with Gasteiger partial charge in [0.05, 0.1) is 14.1 Å². The van der Waals surface area contributed by atoms with Crippen molar-refractivity contribution in [2.75, 3.05) is 11.5 Å². The van der Waals surface area contributed by atoms with Gasteiger partial charge in [-0.25, -0.2) is 4.98 Å². The maximum absolute atomic E-state index is 6.27. The lowest BCUT2D eigenvalue weighted by molar-refractivity contribution is 0.303. The van der Waals surface area contributed by atoms with Gasteiger partial charge in [0.1, 0.15) is 17.4 Å². The van der Waals surface area contributed by atoms with Crippen molar-refractivity contribution in [1.82, 2.24) is 4.98 Å². The fourth-order valence-electron chi connectivity index (χ4n) is 2.80. The zero-order valence-electron chi connectivity index (χ0n) is 16.8.